The molecule has 0 atom stereocenters. The van der Waals surface area contributed by atoms with Gasteiger partial charge in [0, 0.05) is 24.8 Å². The monoisotopic (exact) mass is 1290 g/mol. The van der Waals surface area contributed by atoms with Crippen molar-refractivity contribution in [2.24, 2.45) is 0 Å². The van der Waals surface area contributed by atoms with Gasteiger partial charge in [-0.15, -0.1) is 0 Å². The molecule has 0 aliphatic heterocycles. The van der Waals surface area contributed by atoms with E-state index in [1.54, 1.807) is 24.8 Å². The van der Waals surface area contributed by atoms with Crippen molar-refractivity contribution in [3.05, 3.63) is 292 Å². The van der Waals surface area contributed by atoms with Gasteiger partial charge < -0.3 is 61.3 Å². The minimum atomic E-state index is -1.75. The summed E-state index contributed by atoms with van der Waals surface area (Å²) in [5.41, 5.74) is 11.3. The number of pyridine rings is 6. The summed E-state index contributed by atoms with van der Waals surface area (Å²) in [5, 5.41) is 68.8. The van der Waals surface area contributed by atoms with Crippen LogP contribution in [0.3, 0.4) is 0 Å². The number of hydrogen-bond donors (Lipinski definition) is 0. The SMILES string of the molecule is O=[N+]([O-])[O-].O=[N+]([O-])[O-].O=[N+]([O-])[O-].O=[N+]([O-])[O-].[Cd+2].[Cd+2].c1ccc(-c2cc(-c3c4ccccc4cc4ccccc34)cc(-c3ccccn3)n2)nc1.c1ccc(-c2cc(-c3c4ccccc4cc4ccccc34)cc(-c3ccccn3)n2)nc1. The molecule has 12 aromatic rings. The summed E-state index contributed by atoms with van der Waals surface area (Å²) in [5.74, 6) is 0. The Morgan fingerprint density at radius 3 is 0.646 bits per heavy atom. The Labute approximate surface area is 504 Å². The quantitative estimate of drug-likeness (QED) is 0.0646. The molecular weight excluding hydrogens is 1250 g/mol. The Morgan fingerprint density at radius 2 is 0.451 bits per heavy atom. The molecule has 0 fully saturated rings. The average Bonchev–Trinajstić information content (AvgIpc) is 3.55. The van der Waals surface area contributed by atoms with Crippen LogP contribution in [0, 0.1) is 61.3 Å². The molecule has 0 aliphatic rings. The van der Waals surface area contributed by atoms with Crippen LogP contribution in [-0.2, 0) is 54.6 Å². The van der Waals surface area contributed by atoms with Gasteiger partial charge in [-0.1, -0.05) is 121 Å². The molecule has 6 heterocycles. The van der Waals surface area contributed by atoms with Crippen molar-refractivity contribution in [1.82, 2.24) is 29.9 Å². The Bertz CT molecular complexity index is 3580. The summed E-state index contributed by atoms with van der Waals surface area (Å²) >= 11 is 0. The zero-order valence-corrected chi connectivity index (χ0v) is 50.8. The maximum Gasteiger partial charge on any atom is 2.00 e. The number of aromatic nitrogens is 6. The molecule has 0 bridgehead atoms. The van der Waals surface area contributed by atoms with Gasteiger partial charge in [0.05, 0.1) is 65.9 Å². The first-order chi connectivity index (χ1) is 38.7. The summed E-state index contributed by atoms with van der Waals surface area (Å²) in [6.45, 7) is 0. The minimum absolute atomic E-state index is 0. The van der Waals surface area contributed by atoms with Crippen LogP contribution in [0.1, 0.15) is 0 Å². The topological polar surface area (TPSA) is 342 Å². The van der Waals surface area contributed by atoms with Crippen molar-refractivity contribution < 1.29 is 74.9 Å². The summed E-state index contributed by atoms with van der Waals surface area (Å²) in [6.07, 6.45) is 7.21. The maximum absolute atomic E-state index is 8.25. The molecule has 0 unspecified atom stereocenters. The van der Waals surface area contributed by atoms with E-state index >= 15 is 0 Å². The smallest absolute Gasteiger partial charge is 0.356 e. The molecule has 0 N–H and O–H groups in total. The van der Waals surface area contributed by atoms with Crippen LogP contribution in [0.15, 0.2) is 231 Å². The number of fused-ring (bicyclic) bond motifs is 4. The molecule has 0 aliphatic carbocycles. The first kappa shape index (κ1) is 62.7. The van der Waals surface area contributed by atoms with Gasteiger partial charge in [0.25, 0.3) is 0 Å². The minimum Gasteiger partial charge on any atom is -0.356 e. The van der Waals surface area contributed by atoms with E-state index in [0.717, 1.165) is 56.7 Å². The predicted octanol–water partition coefficient (Wildman–Crippen LogP) is 13.4. The second-order valence-electron chi connectivity index (χ2n) is 16.4. The molecule has 0 saturated heterocycles. The van der Waals surface area contributed by atoms with Crippen LogP contribution in [0.4, 0.5) is 0 Å². The first-order valence-corrected chi connectivity index (χ1v) is 23.4. The van der Waals surface area contributed by atoms with E-state index < -0.39 is 20.3 Å². The Kier molecular flexibility index (Phi) is 23.6. The summed E-state index contributed by atoms with van der Waals surface area (Å²) < 4.78 is 0. The van der Waals surface area contributed by atoms with Gasteiger partial charge in [0.1, 0.15) is 0 Å². The Hall–Kier alpha value is -10.1. The molecule has 0 radical (unpaired) electrons. The second kappa shape index (κ2) is 30.9. The van der Waals surface area contributed by atoms with E-state index in [9.17, 15) is 0 Å². The normalized spacial score (nSPS) is 9.85. The fourth-order valence-electron chi connectivity index (χ4n) is 8.58. The van der Waals surface area contributed by atoms with Crippen molar-refractivity contribution in [1.29, 1.82) is 0 Å². The molecule has 0 saturated carbocycles. The molecule has 12 rings (SSSR count). The van der Waals surface area contributed by atoms with Crippen molar-refractivity contribution >= 4 is 43.1 Å². The summed E-state index contributed by atoms with van der Waals surface area (Å²) in [4.78, 5) is 61.1. The molecule has 0 amide bonds. The number of hydrogen-bond acceptors (Lipinski definition) is 18. The number of nitrogens with zero attached hydrogens (tertiary/aromatic N) is 10. The largest absolute Gasteiger partial charge is 2.00 e. The van der Waals surface area contributed by atoms with Gasteiger partial charge in [-0.25, -0.2) is 9.97 Å². The van der Waals surface area contributed by atoms with Crippen molar-refractivity contribution in [2.45, 2.75) is 0 Å². The molecular formula is C58H38Cd2N10O12. The molecule has 82 heavy (non-hydrogen) atoms. The zero-order chi connectivity index (χ0) is 57.0. The predicted molar refractivity (Wildman–Crippen MR) is 304 cm³/mol. The average molecular weight is 1290 g/mol. The third kappa shape index (κ3) is 17.5. The van der Waals surface area contributed by atoms with Crippen LogP contribution < -0.4 is 0 Å². The Balaban J connectivity index is 0.000000234. The van der Waals surface area contributed by atoms with Gasteiger partial charge in [0.15, 0.2) is 0 Å². The fraction of sp³-hybridized carbons (Fsp3) is 0. The molecule has 6 aromatic heterocycles. The third-order valence-corrected chi connectivity index (χ3v) is 11.5. The second-order valence-corrected chi connectivity index (χ2v) is 16.4. The first-order valence-electron chi connectivity index (χ1n) is 23.4. The Morgan fingerprint density at radius 1 is 0.256 bits per heavy atom. The van der Waals surface area contributed by atoms with Crippen molar-refractivity contribution in [2.75, 3.05) is 0 Å². The van der Waals surface area contributed by atoms with Gasteiger partial charge in [-0.2, -0.15) is 0 Å². The van der Waals surface area contributed by atoms with E-state index in [4.69, 9.17) is 71.3 Å². The maximum atomic E-state index is 8.25. The standard InChI is InChI=1S/2C29H19N3.2Cd.4NO3/c2*1-3-11-23-20(9-1)17-21-10-2-4-12-24(21)29(23)22-18-27(25-13-5-7-15-30-25)32-28(19-22)26-14-6-8-16-31-26;;;4*2-1(3)4/h2*1-19H;;;;;;/q;;2*+2;4*-1. The van der Waals surface area contributed by atoms with Gasteiger partial charge in [0.2, 0.25) is 0 Å². The van der Waals surface area contributed by atoms with E-state index in [-0.39, 0.29) is 54.6 Å². The molecule has 22 nitrogen and oxygen atoms in total. The van der Waals surface area contributed by atoms with E-state index in [1.807, 2.05) is 72.8 Å². The van der Waals surface area contributed by atoms with Crippen LogP contribution in [0.25, 0.3) is 111 Å². The van der Waals surface area contributed by atoms with Gasteiger partial charge >= 0.3 is 54.6 Å². The van der Waals surface area contributed by atoms with Crippen LogP contribution in [-0.4, -0.2) is 50.3 Å². The molecule has 24 heteroatoms. The molecule has 0 spiro atoms. The third-order valence-electron chi connectivity index (χ3n) is 11.5. The number of rotatable bonds is 6. The molecule has 396 valence electrons. The van der Waals surface area contributed by atoms with E-state index in [0.29, 0.717) is 0 Å². The van der Waals surface area contributed by atoms with Gasteiger partial charge in [-0.05, 0) is 150 Å². The van der Waals surface area contributed by atoms with Crippen LogP contribution >= 0.6 is 0 Å². The molecule has 6 aromatic carbocycles. The van der Waals surface area contributed by atoms with Crippen molar-refractivity contribution in [3.8, 4) is 67.8 Å². The zero-order valence-electron chi connectivity index (χ0n) is 42.7. The van der Waals surface area contributed by atoms with Crippen LogP contribution in [0.5, 0.6) is 0 Å². The van der Waals surface area contributed by atoms with Crippen molar-refractivity contribution in [3.63, 3.8) is 0 Å². The van der Waals surface area contributed by atoms with E-state index in [2.05, 4.69) is 153 Å². The fourth-order valence-corrected chi connectivity index (χ4v) is 8.58. The van der Waals surface area contributed by atoms with E-state index in [1.165, 1.54) is 54.2 Å². The summed E-state index contributed by atoms with van der Waals surface area (Å²) in [6, 6.07) is 70.9. The van der Waals surface area contributed by atoms with Crippen LogP contribution in [0.2, 0.25) is 0 Å². The number of benzene rings is 6. The van der Waals surface area contributed by atoms with Gasteiger partial charge in [-0.3, -0.25) is 19.9 Å². The summed E-state index contributed by atoms with van der Waals surface area (Å²) in [7, 11) is 0.